The molecule has 6 heteroatoms. The van der Waals surface area contributed by atoms with Crippen LogP contribution in [0.4, 0.5) is 4.39 Å². The molecule has 0 saturated carbocycles. The van der Waals surface area contributed by atoms with E-state index in [9.17, 15) is 9.18 Å². The molecule has 0 aliphatic heterocycles. The Morgan fingerprint density at radius 1 is 1.75 bits per heavy atom. The third-order valence-corrected chi connectivity index (χ3v) is 2.31. The number of carbonyl (C=O) groups is 1. The van der Waals surface area contributed by atoms with Crippen LogP contribution in [0.3, 0.4) is 0 Å². The highest BCUT2D eigenvalue weighted by atomic mass is 35.5. The summed E-state index contributed by atoms with van der Waals surface area (Å²) in [6.45, 7) is 1.70. The number of hydrogen-bond acceptors (Lipinski definition) is 4. The van der Waals surface area contributed by atoms with Gasteiger partial charge in [-0.3, -0.25) is 4.98 Å². The van der Waals surface area contributed by atoms with Crippen molar-refractivity contribution < 1.29 is 13.9 Å². The summed E-state index contributed by atoms with van der Waals surface area (Å²) in [5.74, 6) is -0.983. The molecule has 0 aliphatic rings. The molecule has 0 aliphatic carbocycles. The van der Waals surface area contributed by atoms with E-state index >= 15 is 0 Å². The first kappa shape index (κ1) is 12.9. The molecule has 0 fully saturated rings. The number of aromatic nitrogens is 1. The second-order valence-corrected chi connectivity index (χ2v) is 3.48. The first-order chi connectivity index (χ1) is 7.57. The lowest BCUT2D eigenvalue weighted by atomic mass is 10.0. The van der Waals surface area contributed by atoms with E-state index in [1.54, 1.807) is 6.92 Å². The Labute approximate surface area is 97.6 Å². The average Bonchev–Trinajstić information content (AvgIpc) is 2.28. The van der Waals surface area contributed by atoms with Crippen molar-refractivity contribution in [3.8, 4) is 0 Å². The smallest absolute Gasteiger partial charge is 0.342 e. The highest BCUT2D eigenvalue weighted by molar-refractivity contribution is 6.31. The summed E-state index contributed by atoms with van der Waals surface area (Å²) < 4.78 is 18.1. The van der Waals surface area contributed by atoms with Gasteiger partial charge in [0.2, 0.25) is 6.17 Å². The molecule has 2 atom stereocenters. The summed E-state index contributed by atoms with van der Waals surface area (Å²) >= 11 is 5.78. The maximum absolute atomic E-state index is 13.6. The fourth-order valence-corrected chi connectivity index (χ4v) is 1.43. The van der Waals surface area contributed by atoms with Gasteiger partial charge in [0, 0.05) is 12.4 Å². The summed E-state index contributed by atoms with van der Waals surface area (Å²) in [7, 11) is 0. The lowest BCUT2D eigenvalue weighted by Gasteiger charge is -2.16. The first-order valence-corrected chi connectivity index (χ1v) is 5.11. The number of nitrogens with zero attached hydrogens (tertiary/aromatic N) is 1. The third kappa shape index (κ3) is 2.90. The van der Waals surface area contributed by atoms with Crippen LogP contribution in [-0.4, -0.2) is 23.7 Å². The number of rotatable bonds is 4. The standard InChI is InChI=1S/C10H12ClFN2O2/c1-2-16-10(15)8(12)9(13)6-3-4-14-5-7(6)11/h3-5,8-9H,2,13H2,1H3/t8?,9-/m1/s1. The summed E-state index contributed by atoms with van der Waals surface area (Å²) in [6.07, 6.45) is 0.841. The maximum atomic E-state index is 13.6. The minimum Gasteiger partial charge on any atom is -0.464 e. The molecule has 88 valence electrons. The zero-order valence-corrected chi connectivity index (χ0v) is 9.45. The molecule has 1 heterocycles. The number of ether oxygens (including phenoxy) is 1. The van der Waals surface area contributed by atoms with Crippen LogP contribution < -0.4 is 5.73 Å². The Hall–Kier alpha value is -1.20. The number of esters is 1. The van der Waals surface area contributed by atoms with Gasteiger partial charge in [-0.1, -0.05) is 11.6 Å². The van der Waals surface area contributed by atoms with Crippen LogP contribution in [0, 0.1) is 0 Å². The van der Waals surface area contributed by atoms with Gasteiger partial charge in [0.25, 0.3) is 0 Å². The van der Waals surface area contributed by atoms with E-state index in [0.29, 0.717) is 5.56 Å². The third-order valence-electron chi connectivity index (χ3n) is 1.99. The Morgan fingerprint density at radius 2 is 2.44 bits per heavy atom. The number of nitrogens with two attached hydrogens (primary N) is 1. The van der Waals surface area contributed by atoms with E-state index in [0.717, 1.165) is 0 Å². The van der Waals surface area contributed by atoms with E-state index in [2.05, 4.69) is 9.72 Å². The van der Waals surface area contributed by atoms with E-state index in [1.165, 1.54) is 18.5 Å². The molecule has 4 nitrogen and oxygen atoms in total. The van der Waals surface area contributed by atoms with Crippen LogP contribution in [-0.2, 0) is 9.53 Å². The lowest BCUT2D eigenvalue weighted by molar-refractivity contribution is -0.149. The summed E-state index contributed by atoms with van der Waals surface area (Å²) in [5.41, 5.74) is 5.91. The Morgan fingerprint density at radius 3 is 3.00 bits per heavy atom. The largest absolute Gasteiger partial charge is 0.464 e. The molecular formula is C10H12ClFN2O2. The number of carbonyl (C=O) groups excluding carboxylic acids is 1. The minimum absolute atomic E-state index is 0.107. The molecule has 1 unspecified atom stereocenters. The molecule has 0 bridgehead atoms. The Balaban J connectivity index is 2.82. The van der Waals surface area contributed by atoms with Crippen molar-refractivity contribution in [2.45, 2.75) is 19.1 Å². The zero-order valence-electron chi connectivity index (χ0n) is 8.69. The first-order valence-electron chi connectivity index (χ1n) is 4.73. The van der Waals surface area contributed by atoms with Gasteiger partial charge in [0.05, 0.1) is 17.7 Å². The van der Waals surface area contributed by atoms with Crippen molar-refractivity contribution in [3.05, 3.63) is 29.0 Å². The lowest BCUT2D eigenvalue weighted by Crippen LogP contribution is -2.31. The van der Waals surface area contributed by atoms with E-state index in [1.807, 2.05) is 0 Å². The van der Waals surface area contributed by atoms with E-state index in [-0.39, 0.29) is 11.6 Å². The molecular weight excluding hydrogens is 235 g/mol. The van der Waals surface area contributed by atoms with Gasteiger partial charge in [-0.15, -0.1) is 0 Å². The van der Waals surface area contributed by atoms with Crippen LogP contribution in [0.2, 0.25) is 5.02 Å². The molecule has 16 heavy (non-hydrogen) atoms. The van der Waals surface area contributed by atoms with Crippen molar-refractivity contribution in [1.29, 1.82) is 0 Å². The molecule has 0 saturated heterocycles. The topological polar surface area (TPSA) is 65.2 Å². The highest BCUT2D eigenvalue weighted by Crippen LogP contribution is 2.24. The van der Waals surface area contributed by atoms with Crippen molar-refractivity contribution in [2.75, 3.05) is 6.61 Å². The molecule has 0 aromatic carbocycles. The Bertz CT molecular complexity index is 376. The van der Waals surface area contributed by atoms with Crippen LogP contribution in [0.1, 0.15) is 18.5 Å². The van der Waals surface area contributed by atoms with Crippen LogP contribution in [0.15, 0.2) is 18.5 Å². The minimum atomic E-state index is -1.93. The van der Waals surface area contributed by atoms with E-state index in [4.69, 9.17) is 17.3 Å². The highest BCUT2D eigenvalue weighted by Gasteiger charge is 2.28. The summed E-state index contributed by atoms with van der Waals surface area (Å²) in [6, 6.07) is 0.327. The predicted molar refractivity (Wildman–Crippen MR) is 57.7 cm³/mol. The van der Waals surface area contributed by atoms with Crippen molar-refractivity contribution in [3.63, 3.8) is 0 Å². The molecule has 0 spiro atoms. The fraction of sp³-hybridized carbons (Fsp3) is 0.400. The molecule has 1 aromatic heterocycles. The molecule has 1 rings (SSSR count). The van der Waals surface area contributed by atoms with Crippen molar-refractivity contribution in [1.82, 2.24) is 4.98 Å². The number of halogens is 2. The number of pyridine rings is 1. The molecule has 0 radical (unpaired) electrons. The van der Waals surface area contributed by atoms with Gasteiger partial charge in [-0.2, -0.15) is 0 Å². The van der Waals surface area contributed by atoms with Crippen LogP contribution >= 0.6 is 11.6 Å². The summed E-state index contributed by atoms with van der Waals surface area (Å²) in [4.78, 5) is 14.9. The molecule has 1 aromatic rings. The van der Waals surface area contributed by atoms with E-state index < -0.39 is 18.2 Å². The summed E-state index contributed by atoms with van der Waals surface area (Å²) in [5, 5.41) is 0.224. The van der Waals surface area contributed by atoms with Crippen LogP contribution in [0.25, 0.3) is 0 Å². The SMILES string of the molecule is CCOC(=O)C(F)[C@H](N)c1ccncc1Cl. The fourth-order valence-electron chi connectivity index (χ4n) is 1.18. The monoisotopic (exact) mass is 246 g/mol. The molecule has 0 amide bonds. The molecule has 2 N–H and O–H groups in total. The zero-order chi connectivity index (χ0) is 12.1. The van der Waals surface area contributed by atoms with Gasteiger partial charge in [-0.25, -0.2) is 9.18 Å². The number of alkyl halides is 1. The number of hydrogen-bond donors (Lipinski definition) is 1. The van der Waals surface area contributed by atoms with Gasteiger partial charge in [0.15, 0.2) is 0 Å². The van der Waals surface area contributed by atoms with Crippen molar-refractivity contribution >= 4 is 17.6 Å². The normalized spacial score (nSPS) is 14.2. The van der Waals surface area contributed by atoms with Gasteiger partial charge < -0.3 is 10.5 Å². The second kappa shape index (κ2) is 5.77. The van der Waals surface area contributed by atoms with Gasteiger partial charge in [0.1, 0.15) is 0 Å². The van der Waals surface area contributed by atoms with Gasteiger partial charge in [-0.05, 0) is 18.6 Å². The quantitative estimate of drug-likeness (QED) is 0.821. The van der Waals surface area contributed by atoms with Gasteiger partial charge >= 0.3 is 5.97 Å². The van der Waals surface area contributed by atoms with Crippen molar-refractivity contribution in [2.24, 2.45) is 5.73 Å². The second-order valence-electron chi connectivity index (χ2n) is 3.08. The average molecular weight is 247 g/mol. The predicted octanol–water partition coefficient (Wildman–Crippen LogP) is 1.64. The van der Waals surface area contributed by atoms with Crippen LogP contribution in [0.5, 0.6) is 0 Å². The maximum Gasteiger partial charge on any atom is 0.342 e. The Kier molecular flexibility index (Phi) is 4.64.